The van der Waals surface area contributed by atoms with Gasteiger partial charge in [-0.1, -0.05) is 6.92 Å². The number of carbonyl (C=O) groups excluding carboxylic acids is 1. The van der Waals surface area contributed by atoms with Crippen LogP contribution in [0.4, 0.5) is 0 Å². The summed E-state index contributed by atoms with van der Waals surface area (Å²) in [5.74, 6) is 0.990. The van der Waals surface area contributed by atoms with Crippen molar-refractivity contribution in [2.24, 2.45) is 5.92 Å². The van der Waals surface area contributed by atoms with Crippen LogP contribution in [-0.2, 0) is 4.79 Å². The highest BCUT2D eigenvalue weighted by atomic mass is 16.2. The van der Waals surface area contributed by atoms with Crippen LogP contribution in [-0.4, -0.2) is 62.5 Å². The second kappa shape index (κ2) is 6.86. The molecule has 1 amide bonds. The highest BCUT2D eigenvalue weighted by Gasteiger charge is 2.17. The predicted octanol–water partition coefficient (Wildman–Crippen LogP) is 0.396. The van der Waals surface area contributed by atoms with Gasteiger partial charge < -0.3 is 10.2 Å². The van der Waals surface area contributed by atoms with Crippen molar-refractivity contribution in [1.82, 2.24) is 15.1 Å². The third kappa shape index (κ3) is 5.47. The van der Waals surface area contributed by atoms with E-state index in [1.165, 1.54) is 12.8 Å². The molecule has 0 radical (unpaired) electrons. The summed E-state index contributed by atoms with van der Waals surface area (Å²) in [6.07, 6.45) is 2.45. The Balaban J connectivity index is 2.09. The van der Waals surface area contributed by atoms with Gasteiger partial charge in [0.2, 0.25) is 5.91 Å². The summed E-state index contributed by atoms with van der Waals surface area (Å²) in [5, 5.41) is 2.95. The van der Waals surface area contributed by atoms with Gasteiger partial charge in [0.25, 0.3) is 0 Å². The first-order valence-electron chi connectivity index (χ1n) is 6.21. The Morgan fingerprint density at radius 1 is 1.38 bits per heavy atom. The molecule has 1 heterocycles. The van der Waals surface area contributed by atoms with E-state index in [1.807, 2.05) is 14.1 Å². The summed E-state index contributed by atoms with van der Waals surface area (Å²) in [6, 6.07) is 0. The number of likely N-dealkylation sites (N-methyl/N-ethyl adjacent to an activating group) is 1. The van der Waals surface area contributed by atoms with Gasteiger partial charge in [0.15, 0.2) is 0 Å². The predicted molar refractivity (Wildman–Crippen MR) is 66.4 cm³/mol. The van der Waals surface area contributed by atoms with E-state index in [2.05, 4.69) is 22.0 Å². The molecule has 1 rings (SSSR count). The lowest BCUT2D eigenvalue weighted by atomic mass is 9.99. The van der Waals surface area contributed by atoms with Crippen LogP contribution in [0.15, 0.2) is 0 Å². The fourth-order valence-electron chi connectivity index (χ4n) is 1.90. The molecule has 0 spiro atoms. The Bertz CT molecular complexity index is 210. The van der Waals surface area contributed by atoms with Crippen molar-refractivity contribution in [2.75, 3.05) is 46.8 Å². The lowest BCUT2D eigenvalue weighted by molar-refractivity contribution is -0.122. The molecule has 16 heavy (non-hydrogen) atoms. The molecule has 1 fully saturated rings. The summed E-state index contributed by atoms with van der Waals surface area (Å²) in [4.78, 5) is 15.9. The van der Waals surface area contributed by atoms with Crippen LogP contribution in [0, 0.1) is 5.92 Å². The number of nitrogens with one attached hydrogen (secondary N) is 1. The first kappa shape index (κ1) is 13.5. The van der Waals surface area contributed by atoms with Gasteiger partial charge in [-0.2, -0.15) is 0 Å². The van der Waals surface area contributed by atoms with E-state index < -0.39 is 0 Å². The fourth-order valence-corrected chi connectivity index (χ4v) is 1.90. The average Bonchev–Trinajstić information content (AvgIpc) is 2.21. The molecule has 4 nitrogen and oxygen atoms in total. The Kier molecular flexibility index (Phi) is 5.77. The van der Waals surface area contributed by atoms with Crippen molar-refractivity contribution in [3.05, 3.63) is 0 Å². The van der Waals surface area contributed by atoms with E-state index in [0.717, 1.165) is 32.1 Å². The molecule has 0 aromatic carbocycles. The van der Waals surface area contributed by atoms with Crippen molar-refractivity contribution in [2.45, 2.75) is 19.8 Å². The average molecular weight is 227 g/mol. The van der Waals surface area contributed by atoms with Gasteiger partial charge in [-0.3, -0.25) is 9.69 Å². The molecule has 0 aromatic rings. The van der Waals surface area contributed by atoms with Gasteiger partial charge in [-0.25, -0.2) is 0 Å². The first-order chi connectivity index (χ1) is 7.58. The molecule has 0 atom stereocenters. The number of carbonyl (C=O) groups is 1. The Morgan fingerprint density at radius 3 is 2.56 bits per heavy atom. The van der Waals surface area contributed by atoms with Gasteiger partial charge in [0.1, 0.15) is 0 Å². The maximum atomic E-state index is 11.6. The zero-order valence-corrected chi connectivity index (χ0v) is 10.8. The minimum atomic E-state index is 0.163. The summed E-state index contributed by atoms with van der Waals surface area (Å²) in [6.45, 7) is 6.65. The standard InChI is InChI=1S/C12H25N3O/c1-11-4-7-15(8-5-11)10-12(16)13-6-9-14(2)3/h11H,4-10H2,1-3H3,(H,13,16). The number of piperidine rings is 1. The summed E-state index contributed by atoms with van der Waals surface area (Å²) in [5.41, 5.74) is 0. The van der Waals surface area contributed by atoms with Crippen LogP contribution in [0.25, 0.3) is 0 Å². The number of likely N-dealkylation sites (tertiary alicyclic amines) is 1. The molecule has 0 aliphatic carbocycles. The summed E-state index contributed by atoms with van der Waals surface area (Å²) < 4.78 is 0. The molecule has 1 aliphatic heterocycles. The second-order valence-electron chi connectivity index (χ2n) is 5.11. The SMILES string of the molecule is CC1CCN(CC(=O)NCCN(C)C)CC1. The molecule has 1 saturated heterocycles. The molecule has 4 heteroatoms. The quantitative estimate of drug-likeness (QED) is 0.738. The number of nitrogens with zero attached hydrogens (tertiary/aromatic N) is 2. The van der Waals surface area contributed by atoms with Crippen LogP contribution in [0.1, 0.15) is 19.8 Å². The van der Waals surface area contributed by atoms with Crippen molar-refractivity contribution < 1.29 is 4.79 Å². The maximum absolute atomic E-state index is 11.6. The highest BCUT2D eigenvalue weighted by Crippen LogP contribution is 2.15. The van der Waals surface area contributed by atoms with Gasteiger partial charge in [0.05, 0.1) is 6.54 Å². The molecule has 0 saturated carbocycles. The van der Waals surface area contributed by atoms with Gasteiger partial charge in [-0.05, 0) is 45.9 Å². The number of hydrogen-bond donors (Lipinski definition) is 1. The number of hydrogen-bond acceptors (Lipinski definition) is 3. The zero-order chi connectivity index (χ0) is 12.0. The number of amides is 1. The van der Waals surface area contributed by atoms with Gasteiger partial charge >= 0.3 is 0 Å². The molecule has 1 aliphatic rings. The Hall–Kier alpha value is -0.610. The normalized spacial score (nSPS) is 19.0. The molecule has 1 N–H and O–H groups in total. The van der Waals surface area contributed by atoms with E-state index in [9.17, 15) is 4.79 Å². The summed E-state index contributed by atoms with van der Waals surface area (Å²) in [7, 11) is 4.02. The molecular formula is C12H25N3O. The lowest BCUT2D eigenvalue weighted by Gasteiger charge is -2.29. The van der Waals surface area contributed by atoms with Crippen LogP contribution in [0.5, 0.6) is 0 Å². The highest BCUT2D eigenvalue weighted by molar-refractivity contribution is 5.77. The molecule has 0 unspecified atom stereocenters. The zero-order valence-electron chi connectivity index (χ0n) is 10.8. The third-order valence-electron chi connectivity index (χ3n) is 3.12. The first-order valence-corrected chi connectivity index (χ1v) is 6.21. The van der Waals surface area contributed by atoms with Gasteiger partial charge in [-0.15, -0.1) is 0 Å². The molecule has 94 valence electrons. The van der Waals surface area contributed by atoms with Crippen LogP contribution < -0.4 is 5.32 Å². The van der Waals surface area contributed by atoms with Crippen molar-refractivity contribution in [1.29, 1.82) is 0 Å². The third-order valence-corrected chi connectivity index (χ3v) is 3.12. The lowest BCUT2D eigenvalue weighted by Crippen LogP contribution is -2.42. The minimum absolute atomic E-state index is 0.163. The fraction of sp³-hybridized carbons (Fsp3) is 0.917. The molecular weight excluding hydrogens is 202 g/mol. The molecule has 0 aromatic heterocycles. The second-order valence-corrected chi connectivity index (χ2v) is 5.11. The van der Waals surface area contributed by atoms with Crippen molar-refractivity contribution >= 4 is 5.91 Å². The van der Waals surface area contributed by atoms with E-state index in [1.54, 1.807) is 0 Å². The molecule has 0 bridgehead atoms. The van der Waals surface area contributed by atoms with Crippen LogP contribution in [0.3, 0.4) is 0 Å². The van der Waals surface area contributed by atoms with Crippen molar-refractivity contribution in [3.63, 3.8) is 0 Å². The topological polar surface area (TPSA) is 35.6 Å². The van der Waals surface area contributed by atoms with E-state index >= 15 is 0 Å². The minimum Gasteiger partial charge on any atom is -0.354 e. The van der Waals surface area contributed by atoms with Crippen LogP contribution >= 0.6 is 0 Å². The largest absolute Gasteiger partial charge is 0.354 e. The monoisotopic (exact) mass is 227 g/mol. The van der Waals surface area contributed by atoms with E-state index in [0.29, 0.717) is 6.54 Å². The summed E-state index contributed by atoms with van der Waals surface area (Å²) >= 11 is 0. The van der Waals surface area contributed by atoms with Gasteiger partial charge in [0, 0.05) is 13.1 Å². The number of rotatable bonds is 5. The van der Waals surface area contributed by atoms with Crippen LogP contribution in [0.2, 0.25) is 0 Å². The maximum Gasteiger partial charge on any atom is 0.234 e. The van der Waals surface area contributed by atoms with Crippen molar-refractivity contribution in [3.8, 4) is 0 Å². The smallest absolute Gasteiger partial charge is 0.234 e. The Morgan fingerprint density at radius 2 is 2.00 bits per heavy atom. The van der Waals surface area contributed by atoms with E-state index in [-0.39, 0.29) is 5.91 Å². The van der Waals surface area contributed by atoms with E-state index in [4.69, 9.17) is 0 Å². The Labute approximate surface area is 99.0 Å².